The van der Waals surface area contributed by atoms with Gasteiger partial charge in [-0.25, -0.2) is 4.79 Å². The highest BCUT2D eigenvalue weighted by atomic mass is 16.5. The Morgan fingerprint density at radius 2 is 1.89 bits per heavy atom. The summed E-state index contributed by atoms with van der Waals surface area (Å²) in [5.41, 5.74) is 0.843. The maximum Gasteiger partial charge on any atom is 0.408 e. The van der Waals surface area contributed by atoms with Crippen LogP contribution in [0.15, 0.2) is 30.3 Å². The second kappa shape index (κ2) is 9.34. The van der Waals surface area contributed by atoms with Crippen molar-refractivity contribution in [1.29, 1.82) is 0 Å². The first-order chi connectivity index (χ1) is 13.5. The molecule has 3 rings (SSSR count). The highest BCUT2D eigenvalue weighted by Gasteiger charge is 2.34. The largest absolute Gasteiger partial charge is 0.445 e. The molecule has 1 aromatic carbocycles. The fraction of sp³-hybridized carbons (Fsp3) is 0.500. The Kier molecular flexibility index (Phi) is 6.62. The number of alkyl carbamates (subject to hydrolysis) is 1. The van der Waals surface area contributed by atoms with Crippen LogP contribution >= 0.6 is 0 Å². The highest BCUT2D eigenvalue weighted by Crippen LogP contribution is 2.33. The van der Waals surface area contributed by atoms with Gasteiger partial charge in [-0.2, -0.15) is 0 Å². The molecule has 1 aliphatic heterocycles. The average molecular weight is 387 g/mol. The molecule has 0 spiro atoms. The van der Waals surface area contributed by atoms with Crippen molar-refractivity contribution < 1.29 is 23.9 Å². The van der Waals surface area contributed by atoms with Crippen molar-refractivity contribution >= 4 is 23.7 Å². The van der Waals surface area contributed by atoms with Crippen LogP contribution in [0.25, 0.3) is 0 Å². The smallest absolute Gasteiger partial charge is 0.408 e. The van der Waals surface area contributed by atoms with E-state index < -0.39 is 35.8 Å². The van der Waals surface area contributed by atoms with Crippen molar-refractivity contribution in [1.82, 2.24) is 16.0 Å². The van der Waals surface area contributed by atoms with E-state index in [1.807, 2.05) is 30.3 Å². The lowest BCUT2D eigenvalue weighted by atomic mass is 10.1. The van der Waals surface area contributed by atoms with E-state index in [2.05, 4.69) is 16.0 Å². The van der Waals surface area contributed by atoms with Gasteiger partial charge >= 0.3 is 6.09 Å². The molecule has 1 aliphatic carbocycles. The normalized spacial score (nSPS) is 20.5. The van der Waals surface area contributed by atoms with E-state index in [4.69, 9.17) is 4.74 Å². The summed E-state index contributed by atoms with van der Waals surface area (Å²) < 4.78 is 5.20. The second-order valence-electron chi connectivity index (χ2n) is 7.26. The van der Waals surface area contributed by atoms with E-state index in [0.717, 1.165) is 18.4 Å². The van der Waals surface area contributed by atoms with Crippen molar-refractivity contribution in [2.75, 3.05) is 6.54 Å². The molecule has 8 heteroatoms. The van der Waals surface area contributed by atoms with E-state index in [1.165, 1.54) is 0 Å². The molecule has 150 valence electrons. The molecule has 2 aliphatic rings. The van der Waals surface area contributed by atoms with E-state index in [0.29, 0.717) is 31.7 Å². The van der Waals surface area contributed by atoms with Crippen LogP contribution in [0.3, 0.4) is 0 Å². The lowest BCUT2D eigenvalue weighted by molar-refractivity contribution is -0.139. The van der Waals surface area contributed by atoms with Crippen molar-refractivity contribution in [3.8, 4) is 0 Å². The van der Waals surface area contributed by atoms with E-state index in [9.17, 15) is 19.2 Å². The maximum absolute atomic E-state index is 12.7. The molecule has 1 heterocycles. The first-order valence-corrected chi connectivity index (χ1v) is 9.62. The Hall–Kier alpha value is -2.90. The van der Waals surface area contributed by atoms with Gasteiger partial charge in [0.15, 0.2) is 0 Å². The van der Waals surface area contributed by atoms with Crippen molar-refractivity contribution in [3.05, 3.63) is 35.9 Å². The van der Waals surface area contributed by atoms with Gasteiger partial charge in [-0.05, 0) is 30.7 Å². The number of benzene rings is 1. The van der Waals surface area contributed by atoms with Crippen LogP contribution in [0.2, 0.25) is 0 Å². The predicted molar refractivity (Wildman–Crippen MR) is 100 cm³/mol. The number of carbonyl (C=O) groups is 4. The summed E-state index contributed by atoms with van der Waals surface area (Å²) in [6.45, 7) is 0.512. The Morgan fingerprint density at radius 3 is 2.61 bits per heavy atom. The summed E-state index contributed by atoms with van der Waals surface area (Å²) in [7, 11) is 0. The number of hydrogen-bond donors (Lipinski definition) is 3. The quantitative estimate of drug-likeness (QED) is 0.605. The average Bonchev–Trinajstić information content (AvgIpc) is 3.53. The number of Topliss-reactive ketones (excluding diaryl/α,β-unsaturated/α-hetero) is 1. The number of nitrogens with one attached hydrogen (secondary N) is 3. The second-order valence-corrected chi connectivity index (χ2v) is 7.26. The van der Waals surface area contributed by atoms with Crippen LogP contribution in [0.4, 0.5) is 4.79 Å². The standard InChI is InChI=1S/C20H25N3O5/c24-17-15(7-4-10-21-19(17)26)22-18(25)16(11-13-8-9-13)23-20(27)28-12-14-5-2-1-3-6-14/h1-3,5-6,13,15-16H,4,7-12H2,(H,21,26)(H,22,25)(H,23,27). The minimum Gasteiger partial charge on any atom is -0.445 e. The number of carbonyl (C=O) groups excluding carboxylic acids is 4. The fourth-order valence-electron chi connectivity index (χ4n) is 3.12. The zero-order valence-corrected chi connectivity index (χ0v) is 15.6. The molecule has 1 aromatic rings. The third-order valence-electron chi connectivity index (χ3n) is 4.90. The zero-order chi connectivity index (χ0) is 19.9. The van der Waals surface area contributed by atoms with Gasteiger partial charge in [-0.1, -0.05) is 43.2 Å². The molecule has 8 nitrogen and oxygen atoms in total. The monoisotopic (exact) mass is 387 g/mol. The lowest BCUT2D eigenvalue weighted by Gasteiger charge is -2.21. The van der Waals surface area contributed by atoms with Crippen LogP contribution < -0.4 is 16.0 Å². The lowest BCUT2D eigenvalue weighted by Crippen LogP contribution is -2.53. The van der Waals surface area contributed by atoms with Crippen LogP contribution in [0, 0.1) is 5.92 Å². The Morgan fingerprint density at radius 1 is 1.14 bits per heavy atom. The molecular formula is C20H25N3O5. The predicted octanol–water partition coefficient (Wildman–Crippen LogP) is 1.05. The Balaban J connectivity index is 1.55. The van der Waals surface area contributed by atoms with E-state index >= 15 is 0 Å². The van der Waals surface area contributed by atoms with Crippen LogP contribution in [-0.4, -0.2) is 42.3 Å². The topological polar surface area (TPSA) is 114 Å². The van der Waals surface area contributed by atoms with Crippen LogP contribution in [-0.2, 0) is 25.7 Å². The van der Waals surface area contributed by atoms with Gasteiger partial charge in [0, 0.05) is 6.54 Å². The van der Waals surface area contributed by atoms with Crippen LogP contribution in [0.1, 0.15) is 37.7 Å². The molecule has 2 unspecified atom stereocenters. The molecule has 0 bridgehead atoms. The van der Waals surface area contributed by atoms with Crippen molar-refractivity contribution in [3.63, 3.8) is 0 Å². The van der Waals surface area contributed by atoms with Crippen molar-refractivity contribution in [2.24, 2.45) is 5.92 Å². The molecule has 2 atom stereocenters. The van der Waals surface area contributed by atoms with Gasteiger partial charge in [-0.3, -0.25) is 14.4 Å². The minimum absolute atomic E-state index is 0.103. The summed E-state index contributed by atoms with van der Waals surface area (Å²) in [5, 5.41) is 7.74. The first-order valence-electron chi connectivity index (χ1n) is 9.62. The summed E-state index contributed by atoms with van der Waals surface area (Å²) in [5.74, 6) is -1.42. The number of amides is 3. The maximum atomic E-state index is 12.7. The van der Waals surface area contributed by atoms with Gasteiger partial charge in [-0.15, -0.1) is 0 Å². The molecule has 1 saturated heterocycles. The molecular weight excluding hydrogens is 362 g/mol. The summed E-state index contributed by atoms with van der Waals surface area (Å²) in [6.07, 6.45) is 2.80. The van der Waals surface area contributed by atoms with Crippen LogP contribution in [0.5, 0.6) is 0 Å². The van der Waals surface area contributed by atoms with Gasteiger partial charge in [0.2, 0.25) is 11.7 Å². The van der Waals surface area contributed by atoms with Gasteiger partial charge < -0.3 is 20.7 Å². The summed E-state index contributed by atoms with van der Waals surface area (Å²) >= 11 is 0. The fourth-order valence-corrected chi connectivity index (χ4v) is 3.12. The van der Waals surface area contributed by atoms with E-state index in [1.54, 1.807) is 0 Å². The number of ether oxygens (including phenoxy) is 1. The number of ketones is 1. The third-order valence-corrected chi connectivity index (χ3v) is 4.90. The van der Waals surface area contributed by atoms with Gasteiger partial charge in [0.1, 0.15) is 12.6 Å². The summed E-state index contributed by atoms with van der Waals surface area (Å²) in [6, 6.07) is 7.58. The first kappa shape index (κ1) is 19.9. The zero-order valence-electron chi connectivity index (χ0n) is 15.6. The molecule has 3 amide bonds. The SMILES string of the molecule is O=C(NC(CC1CC1)C(=O)NC1CCCNC(=O)C1=O)OCc1ccccc1. The van der Waals surface area contributed by atoms with Gasteiger partial charge in [0.25, 0.3) is 5.91 Å². The van der Waals surface area contributed by atoms with Gasteiger partial charge in [0.05, 0.1) is 6.04 Å². The molecule has 1 saturated carbocycles. The molecule has 0 radical (unpaired) electrons. The molecule has 2 fully saturated rings. The summed E-state index contributed by atoms with van der Waals surface area (Å²) in [4.78, 5) is 48.6. The van der Waals surface area contributed by atoms with E-state index in [-0.39, 0.29) is 6.61 Å². The molecule has 3 N–H and O–H groups in total. The Bertz CT molecular complexity index is 733. The third kappa shape index (κ3) is 5.80. The van der Waals surface area contributed by atoms with Crippen molar-refractivity contribution in [2.45, 2.75) is 50.8 Å². The number of rotatable bonds is 7. The Labute approximate surface area is 163 Å². The number of hydrogen-bond acceptors (Lipinski definition) is 5. The minimum atomic E-state index is -0.862. The molecule has 28 heavy (non-hydrogen) atoms. The molecule has 0 aromatic heterocycles. The highest BCUT2D eigenvalue weighted by molar-refractivity contribution is 6.38.